The highest BCUT2D eigenvalue weighted by Gasteiger charge is 2.32. The van der Waals surface area contributed by atoms with Crippen LogP contribution in [0.4, 0.5) is 17.6 Å². The third-order valence-corrected chi connectivity index (χ3v) is 6.90. The normalized spacial score (nSPS) is 26.5. The van der Waals surface area contributed by atoms with Crippen molar-refractivity contribution in [3.63, 3.8) is 0 Å². The van der Waals surface area contributed by atoms with Crippen LogP contribution < -0.4 is 5.56 Å². The van der Waals surface area contributed by atoms with Crippen LogP contribution in [0, 0.1) is 12.7 Å². The molecule has 0 aliphatic heterocycles. The van der Waals surface area contributed by atoms with Crippen LogP contribution in [0.15, 0.2) is 76.4 Å². The summed E-state index contributed by atoms with van der Waals surface area (Å²) in [6.07, 6.45) is -17.3. The quantitative estimate of drug-likeness (QED) is 0.0817. The summed E-state index contributed by atoms with van der Waals surface area (Å²) in [4.78, 5) is 31.0. The minimum atomic E-state index is -5.38. The average Bonchev–Trinajstić information content (AvgIpc) is 3.35. The highest BCUT2D eigenvalue weighted by Crippen LogP contribution is 2.34. The zero-order valence-electron chi connectivity index (χ0n) is 53.7. The van der Waals surface area contributed by atoms with E-state index in [9.17, 15) is 30.6 Å². The predicted molar refractivity (Wildman–Crippen MR) is 181 cm³/mol. The third-order valence-electron chi connectivity index (χ3n) is 5.94. The molecule has 5 rings (SSSR count). The Morgan fingerprint density at radius 1 is 1.00 bits per heavy atom. The molecule has 0 saturated heterocycles. The van der Waals surface area contributed by atoms with Gasteiger partial charge in [-0.15, -0.1) is 0 Å². The lowest BCUT2D eigenvalue weighted by Gasteiger charge is -2.28. The summed E-state index contributed by atoms with van der Waals surface area (Å²) in [5.41, 5.74) is -13.6. The zero-order chi connectivity index (χ0) is 60.1. The summed E-state index contributed by atoms with van der Waals surface area (Å²) in [6, 6.07) is -16.2. The second-order valence-corrected chi connectivity index (χ2v) is 10.0. The van der Waals surface area contributed by atoms with Crippen molar-refractivity contribution in [3.8, 4) is 11.1 Å². The van der Waals surface area contributed by atoms with Gasteiger partial charge >= 0.3 is 6.18 Å². The number of hydrogen-bond acceptors (Lipinski definition) is 5. The fourth-order valence-electron chi connectivity index (χ4n) is 3.73. The second-order valence-electron chi connectivity index (χ2n) is 9.08. The van der Waals surface area contributed by atoms with Gasteiger partial charge in [-0.2, -0.15) is 18.2 Å². The molecule has 0 radical (unpaired) electrons. The van der Waals surface area contributed by atoms with E-state index in [0.717, 1.165) is 0 Å². The summed E-state index contributed by atoms with van der Waals surface area (Å²) in [5.74, 6) is -5.79. The van der Waals surface area contributed by atoms with Crippen molar-refractivity contribution in [1.29, 1.82) is 0 Å². The van der Waals surface area contributed by atoms with Crippen LogP contribution in [0.25, 0.3) is 11.1 Å². The van der Waals surface area contributed by atoms with Crippen LogP contribution >= 0.6 is 11.8 Å². The Morgan fingerprint density at radius 2 is 1.67 bits per heavy atom. The number of fused-ring (bicyclic) bond motifs is 1. The van der Waals surface area contributed by atoms with Crippen molar-refractivity contribution < 1.29 is 62.1 Å². The maximum Gasteiger partial charge on any atom is 0.416 e. The molecule has 48 heavy (non-hydrogen) atoms. The monoisotopic (exact) mass is 709 g/mol. The number of amides is 1. The summed E-state index contributed by atoms with van der Waals surface area (Å²) in [5, 5.41) is -1.46. The topological polar surface area (TPSA) is 58.4 Å². The molecule has 0 saturated carbocycles. The maximum absolute atomic E-state index is 15.6. The molecule has 0 atom stereocenters. The minimum absolute atomic E-state index is 0.152. The van der Waals surface area contributed by atoms with Gasteiger partial charge < -0.3 is 14.4 Å². The molecule has 1 aromatic heterocycles. The van der Waals surface area contributed by atoms with Crippen molar-refractivity contribution in [2.24, 2.45) is 0 Å². The number of nitrogens with zero attached hydrogens (tertiary/aromatic N) is 4. The molecular weight excluding hydrogens is 640 g/mol. The standard InChI is InChI=1S/C37H40F4N4O2S/c1-4-43(5-2)19-20-44(22-26-9-13-28(14-10-26)29-15-18-32(25(3)21-29)37(39,40)41)34(46)23-45-33-8-6-7-31(33)35(47)42-36(45)48-24-27-11-16-30(38)17-12-27/h9-18,21H,4-8,19-20,22-24H2,1-3H3/i4D2,5D2,6D2,7D2,8D2,9D,10D,11D,12D,13D,14D,15D,16D,17D,18D,19D2,20D2,21D,22D2,23D2. The van der Waals surface area contributed by atoms with E-state index < -0.39 is 218 Å². The highest BCUT2D eigenvalue weighted by molar-refractivity contribution is 7.98. The fraction of sp³-hybridized carbons (Fsp3) is 0.378. The number of halogens is 4. The summed E-state index contributed by atoms with van der Waals surface area (Å²) in [7, 11) is 0. The molecule has 1 heterocycles. The van der Waals surface area contributed by atoms with Crippen molar-refractivity contribution in [2.45, 2.75) is 70.0 Å². The second kappa shape index (κ2) is 15.5. The number of thioether (sulfide) groups is 1. The van der Waals surface area contributed by atoms with Crippen molar-refractivity contribution in [2.75, 3.05) is 26.0 Å². The minimum Gasteiger partial charge on any atom is -0.336 e. The lowest BCUT2D eigenvalue weighted by molar-refractivity contribution is -0.138. The molecule has 0 fully saturated rings. The number of hydrogen-bond donors (Lipinski definition) is 0. The fourth-order valence-corrected chi connectivity index (χ4v) is 4.56. The first kappa shape index (κ1) is 13.7. The highest BCUT2D eigenvalue weighted by atomic mass is 32.2. The van der Waals surface area contributed by atoms with Gasteiger partial charge in [0.05, 0.1) is 28.9 Å². The van der Waals surface area contributed by atoms with E-state index in [1.165, 1.54) is 0 Å². The van der Waals surface area contributed by atoms with Gasteiger partial charge in [-0.05, 0) is 85.0 Å². The number of carbonyl (C=O) groups is 1. The molecule has 0 unspecified atom stereocenters. The van der Waals surface area contributed by atoms with E-state index in [0.29, 0.717) is 20.8 Å². The Hall–Kier alpha value is -3.96. The van der Waals surface area contributed by atoms with Gasteiger partial charge in [0.15, 0.2) is 5.16 Å². The average molecular weight is 710 g/mol. The largest absolute Gasteiger partial charge is 0.416 e. The first-order chi connectivity index (χ1) is 34.2. The number of likely N-dealkylation sites (N-methyl/N-ethyl adjacent to an activating group) is 1. The zero-order valence-corrected chi connectivity index (χ0v) is 25.5. The number of alkyl halides is 3. The Kier molecular flexibility index (Phi) is 4.44. The molecule has 1 aliphatic carbocycles. The van der Waals surface area contributed by atoms with Gasteiger partial charge in [-0.25, -0.2) is 4.39 Å². The van der Waals surface area contributed by atoms with E-state index in [1.807, 2.05) is 0 Å². The SMILES string of the molecule is [2H]c1c([2H])c(CSc2nc(=O)c3c(n2C([2H])([2H])C(=O)N(C([2H])([2H])c2c([2H])c([2H])c(-c4c([2H])c([2H])c(C(F)(F)F)c(C)c4[2H])c([2H])c2[2H])C([2H])([2H])C([2H])([2H])N(C([2H])([2H])C)C([2H])([2H])C)C([2H])([2H])C([2H])([2H])C3([2H])[2H])c([2H])c([2H])c1F. The van der Waals surface area contributed by atoms with Crippen LogP contribution in [0.3, 0.4) is 0 Å². The Morgan fingerprint density at radius 3 is 2.33 bits per heavy atom. The lowest BCUT2D eigenvalue weighted by atomic mass is 9.98. The number of benzene rings is 3. The number of rotatable bonds is 13. The van der Waals surface area contributed by atoms with Crippen LogP contribution in [-0.4, -0.2) is 51.2 Å². The molecule has 0 spiro atoms. The molecule has 254 valence electrons. The molecule has 4 aromatic rings. The van der Waals surface area contributed by atoms with Gasteiger partial charge in [0.2, 0.25) is 5.91 Å². The van der Waals surface area contributed by atoms with E-state index in [1.54, 1.807) is 0 Å². The molecular formula is C37H40F4N4O2S. The Bertz CT molecular complexity index is 3110. The maximum atomic E-state index is 15.6. The van der Waals surface area contributed by atoms with Crippen LogP contribution in [0.2, 0.25) is 0 Å². The first-order valence-corrected chi connectivity index (χ1v) is 14.2. The van der Waals surface area contributed by atoms with Gasteiger partial charge in [0.1, 0.15) is 12.3 Å². The van der Waals surface area contributed by atoms with E-state index in [-0.39, 0.29) is 11.8 Å². The van der Waals surface area contributed by atoms with Crippen LogP contribution in [-0.2, 0) is 42.5 Å². The van der Waals surface area contributed by atoms with Crippen molar-refractivity contribution in [3.05, 3.63) is 116 Å². The van der Waals surface area contributed by atoms with Crippen molar-refractivity contribution >= 4 is 17.7 Å². The number of carbonyl (C=O) groups excluding carboxylic acids is 1. The molecule has 1 amide bonds. The molecule has 3 aromatic carbocycles. The van der Waals surface area contributed by atoms with Gasteiger partial charge in [0.25, 0.3) is 5.56 Å². The Labute approximate surface area is 323 Å². The molecule has 0 bridgehead atoms. The molecule has 1 aliphatic rings. The summed E-state index contributed by atoms with van der Waals surface area (Å²) >= 11 is -0.152. The Balaban J connectivity index is 1.99. The number of aromatic nitrogens is 2. The molecule has 0 N–H and O–H groups in total. The smallest absolute Gasteiger partial charge is 0.336 e. The van der Waals surface area contributed by atoms with E-state index >= 15 is 4.79 Å². The third kappa shape index (κ3) is 8.54. The van der Waals surface area contributed by atoms with Gasteiger partial charge in [-0.1, -0.05) is 73.9 Å². The van der Waals surface area contributed by atoms with Crippen LogP contribution in [0.1, 0.15) is 93.5 Å². The first-order valence-electron chi connectivity index (χ1n) is 27.7. The van der Waals surface area contributed by atoms with Gasteiger partial charge in [-0.3, -0.25) is 9.59 Å². The van der Waals surface area contributed by atoms with E-state index in [2.05, 4.69) is 4.98 Å². The predicted octanol–water partition coefficient (Wildman–Crippen LogP) is 7.53. The van der Waals surface area contributed by atoms with E-state index in [4.69, 9.17) is 31.5 Å². The van der Waals surface area contributed by atoms with Gasteiger partial charge in [0, 0.05) is 52.9 Å². The summed E-state index contributed by atoms with van der Waals surface area (Å²) < 4.78 is 308. The molecule has 6 nitrogen and oxygen atoms in total. The lowest BCUT2D eigenvalue weighted by Crippen LogP contribution is -2.40. The summed E-state index contributed by atoms with van der Waals surface area (Å²) in [6.45, 7) is -24.5. The molecule has 11 heteroatoms. The van der Waals surface area contributed by atoms with Crippen LogP contribution in [0.5, 0.6) is 0 Å². The van der Waals surface area contributed by atoms with Crippen molar-refractivity contribution in [1.82, 2.24) is 19.4 Å².